The number of nitrogens with one attached hydrogen (secondary N) is 1. The molecule has 0 bridgehead atoms. The Kier molecular flexibility index (Phi) is 6.33. The molecule has 0 fully saturated rings. The number of rotatable bonds is 8. The molecule has 1 heterocycles. The van der Waals surface area contributed by atoms with Gasteiger partial charge in [0.1, 0.15) is 12.4 Å². The lowest BCUT2D eigenvalue weighted by Crippen LogP contribution is -2.12. The number of hydrogen-bond donors (Lipinski definition) is 1. The lowest BCUT2D eigenvalue weighted by molar-refractivity contribution is 0.0992. The summed E-state index contributed by atoms with van der Waals surface area (Å²) >= 11 is 0. The predicted octanol–water partition coefficient (Wildman–Crippen LogP) is 5.71. The molecule has 5 heteroatoms. The van der Waals surface area contributed by atoms with E-state index in [0.717, 1.165) is 17.7 Å². The monoisotopic (exact) mass is 413 g/mol. The lowest BCUT2D eigenvalue weighted by atomic mass is 10.0. The first-order valence-electron chi connectivity index (χ1n) is 10.0. The van der Waals surface area contributed by atoms with Gasteiger partial charge in [-0.15, -0.1) is 0 Å². The van der Waals surface area contributed by atoms with Crippen molar-refractivity contribution in [3.63, 3.8) is 0 Å². The molecule has 0 aliphatic heterocycles. The Morgan fingerprint density at radius 2 is 1.55 bits per heavy atom. The van der Waals surface area contributed by atoms with Crippen LogP contribution in [0, 0.1) is 0 Å². The highest BCUT2D eigenvalue weighted by molar-refractivity contribution is 6.02. The first-order chi connectivity index (χ1) is 15.2. The van der Waals surface area contributed by atoms with E-state index in [-0.39, 0.29) is 18.3 Å². The zero-order valence-electron chi connectivity index (χ0n) is 17.2. The van der Waals surface area contributed by atoms with Gasteiger partial charge in [-0.05, 0) is 47.9 Å². The molecule has 0 aliphatic rings. The third-order valence-corrected chi connectivity index (χ3v) is 4.83. The third kappa shape index (κ3) is 5.14. The average molecular weight is 413 g/mol. The Balaban J connectivity index is 1.42. The summed E-state index contributed by atoms with van der Waals surface area (Å²) < 4.78 is 16.7. The number of carbonyl (C=O) groups is 1. The fourth-order valence-electron chi connectivity index (χ4n) is 3.26. The largest absolute Gasteiger partial charge is 0.493 e. The van der Waals surface area contributed by atoms with E-state index in [1.807, 2.05) is 66.7 Å². The van der Waals surface area contributed by atoms with Crippen LogP contribution in [0.25, 0.3) is 0 Å². The Morgan fingerprint density at radius 3 is 2.35 bits per heavy atom. The highest BCUT2D eigenvalue weighted by Gasteiger charge is 2.14. The van der Waals surface area contributed by atoms with Crippen LogP contribution in [0.15, 0.2) is 95.4 Å². The fraction of sp³-hybridized carbons (Fsp3) is 0.115. The van der Waals surface area contributed by atoms with Crippen molar-refractivity contribution < 1.29 is 18.7 Å². The second-order valence-electron chi connectivity index (χ2n) is 6.98. The fourth-order valence-corrected chi connectivity index (χ4v) is 3.26. The zero-order chi connectivity index (χ0) is 21.5. The van der Waals surface area contributed by atoms with Crippen LogP contribution in [0.2, 0.25) is 0 Å². The number of para-hydroxylation sites is 3. The van der Waals surface area contributed by atoms with Gasteiger partial charge in [-0.25, -0.2) is 0 Å². The molecule has 3 aromatic carbocycles. The number of methoxy groups -OCH3 is 1. The molecule has 1 amide bonds. The summed E-state index contributed by atoms with van der Waals surface area (Å²) in [7, 11) is 1.59. The van der Waals surface area contributed by atoms with Crippen molar-refractivity contribution in [2.75, 3.05) is 12.4 Å². The van der Waals surface area contributed by atoms with Gasteiger partial charge in [-0.1, -0.05) is 60.7 Å². The van der Waals surface area contributed by atoms with Gasteiger partial charge in [-0.2, -0.15) is 0 Å². The maximum atomic E-state index is 12.7. The normalized spacial score (nSPS) is 10.5. The van der Waals surface area contributed by atoms with Crippen LogP contribution in [-0.2, 0) is 13.0 Å². The molecule has 1 aromatic heterocycles. The lowest BCUT2D eigenvalue weighted by Gasteiger charge is -2.10. The molecule has 1 N–H and O–H groups in total. The van der Waals surface area contributed by atoms with Crippen molar-refractivity contribution >= 4 is 11.6 Å². The Bertz CT molecular complexity index is 1150. The maximum Gasteiger partial charge on any atom is 0.291 e. The molecule has 4 rings (SSSR count). The number of amides is 1. The molecule has 4 aromatic rings. The molecule has 5 nitrogen and oxygen atoms in total. The van der Waals surface area contributed by atoms with Crippen LogP contribution in [0.5, 0.6) is 11.5 Å². The number of hydrogen-bond acceptors (Lipinski definition) is 4. The number of carbonyl (C=O) groups excluding carboxylic acids is 1. The summed E-state index contributed by atoms with van der Waals surface area (Å²) in [6, 6.07) is 28.7. The van der Waals surface area contributed by atoms with Gasteiger partial charge in [0.2, 0.25) is 0 Å². The van der Waals surface area contributed by atoms with Crippen LogP contribution in [0.1, 0.15) is 27.4 Å². The minimum Gasteiger partial charge on any atom is -0.493 e. The van der Waals surface area contributed by atoms with E-state index in [0.29, 0.717) is 17.3 Å². The van der Waals surface area contributed by atoms with Crippen molar-refractivity contribution in [1.82, 2.24) is 0 Å². The molecular weight excluding hydrogens is 390 g/mol. The average Bonchev–Trinajstić information content (AvgIpc) is 3.29. The molecule has 156 valence electrons. The van der Waals surface area contributed by atoms with Gasteiger partial charge >= 0.3 is 0 Å². The standard InChI is InChI=1S/C26H23NO4/c1-29-23-13-7-8-14-24(23)30-18-21-15-16-25(31-21)26(28)27-22-12-6-5-11-20(22)17-19-9-3-2-4-10-19/h2-16H,17-18H2,1H3,(H,27,28). The molecule has 0 aliphatic carbocycles. The third-order valence-electron chi connectivity index (χ3n) is 4.83. The second-order valence-corrected chi connectivity index (χ2v) is 6.98. The van der Waals surface area contributed by atoms with E-state index in [4.69, 9.17) is 13.9 Å². The van der Waals surface area contributed by atoms with Crippen molar-refractivity contribution in [3.8, 4) is 11.5 Å². The van der Waals surface area contributed by atoms with Crippen LogP contribution >= 0.6 is 0 Å². The number of benzene rings is 3. The van der Waals surface area contributed by atoms with E-state index in [2.05, 4.69) is 17.4 Å². The topological polar surface area (TPSA) is 60.7 Å². The SMILES string of the molecule is COc1ccccc1OCc1ccc(C(=O)Nc2ccccc2Cc2ccccc2)o1. The molecule has 0 spiro atoms. The highest BCUT2D eigenvalue weighted by Crippen LogP contribution is 2.27. The maximum absolute atomic E-state index is 12.7. The number of furan rings is 1. The molecule has 0 unspecified atom stereocenters. The molecule has 0 atom stereocenters. The summed E-state index contributed by atoms with van der Waals surface area (Å²) in [6.07, 6.45) is 0.730. The van der Waals surface area contributed by atoms with E-state index in [1.54, 1.807) is 19.2 Å². The summed E-state index contributed by atoms with van der Waals surface area (Å²) in [4.78, 5) is 12.7. The van der Waals surface area contributed by atoms with Gasteiger partial charge < -0.3 is 19.2 Å². The number of ether oxygens (including phenoxy) is 2. The van der Waals surface area contributed by atoms with Crippen molar-refractivity contribution in [2.45, 2.75) is 13.0 Å². The van der Waals surface area contributed by atoms with Gasteiger partial charge in [0.15, 0.2) is 17.3 Å². The Morgan fingerprint density at radius 1 is 0.839 bits per heavy atom. The van der Waals surface area contributed by atoms with E-state index >= 15 is 0 Å². The zero-order valence-corrected chi connectivity index (χ0v) is 17.2. The Hall–Kier alpha value is -3.99. The van der Waals surface area contributed by atoms with E-state index in [9.17, 15) is 4.79 Å². The first kappa shape index (κ1) is 20.3. The second kappa shape index (κ2) is 9.67. The predicted molar refractivity (Wildman–Crippen MR) is 120 cm³/mol. The van der Waals surface area contributed by atoms with Crippen LogP contribution in [0.4, 0.5) is 5.69 Å². The van der Waals surface area contributed by atoms with Gasteiger partial charge in [0.25, 0.3) is 5.91 Å². The molecule has 0 radical (unpaired) electrons. The minimum absolute atomic E-state index is 0.193. The summed E-state index contributed by atoms with van der Waals surface area (Å²) in [5, 5.41) is 2.96. The molecule has 0 saturated carbocycles. The summed E-state index contributed by atoms with van der Waals surface area (Å²) in [5.41, 5.74) is 2.98. The summed E-state index contributed by atoms with van der Waals surface area (Å²) in [6.45, 7) is 0.193. The van der Waals surface area contributed by atoms with E-state index in [1.165, 1.54) is 5.56 Å². The van der Waals surface area contributed by atoms with Crippen molar-refractivity contribution in [3.05, 3.63) is 114 Å². The molecule has 31 heavy (non-hydrogen) atoms. The number of anilines is 1. The van der Waals surface area contributed by atoms with Gasteiger partial charge in [0.05, 0.1) is 7.11 Å². The Labute approximate surface area is 181 Å². The summed E-state index contributed by atoms with van der Waals surface area (Å²) in [5.74, 6) is 1.73. The van der Waals surface area contributed by atoms with Crippen LogP contribution in [0.3, 0.4) is 0 Å². The molecular formula is C26H23NO4. The van der Waals surface area contributed by atoms with Crippen molar-refractivity contribution in [1.29, 1.82) is 0 Å². The highest BCUT2D eigenvalue weighted by atomic mass is 16.5. The minimum atomic E-state index is -0.302. The van der Waals surface area contributed by atoms with Crippen molar-refractivity contribution in [2.24, 2.45) is 0 Å². The van der Waals surface area contributed by atoms with Gasteiger partial charge in [-0.3, -0.25) is 4.79 Å². The van der Waals surface area contributed by atoms with E-state index < -0.39 is 0 Å². The first-order valence-corrected chi connectivity index (χ1v) is 10.0. The van der Waals surface area contributed by atoms with Crippen LogP contribution < -0.4 is 14.8 Å². The van der Waals surface area contributed by atoms with Gasteiger partial charge in [0, 0.05) is 5.69 Å². The smallest absolute Gasteiger partial charge is 0.291 e. The quantitative estimate of drug-likeness (QED) is 0.402. The molecule has 0 saturated heterocycles. The van der Waals surface area contributed by atoms with Crippen LogP contribution in [-0.4, -0.2) is 13.0 Å².